The summed E-state index contributed by atoms with van der Waals surface area (Å²) in [6.07, 6.45) is 4.89. The normalized spacial score (nSPS) is 20.6. The highest BCUT2D eigenvalue weighted by atomic mass is 16.5. The molecule has 3 heterocycles. The molecule has 0 aliphatic carbocycles. The van der Waals surface area contributed by atoms with Gasteiger partial charge in [-0.2, -0.15) is 0 Å². The van der Waals surface area contributed by atoms with Crippen molar-refractivity contribution in [2.24, 2.45) is 0 Å². The largest absolute Gasteiger partial charge is 0.378 e. The molecule has 7 nitrogen and oxygen atoms in total. The van der Waals surface area contributed by atoms with Crippen molar-refractivity contribution < 1.29 is 19.1 Å². The molecule has 0 spiro atoms. The number of amides is 2. The van der Waals surface area contributed by atoms with E-state index in [0.29, 0.717) is 44.8 Å². The van der Waals surface area contributed by atoms with E-state index in [-0.39, 0.29) is 36.5 Å². The zero-order chi connectivity index (χ0) is 17.6. The van der Waals surface area contributed by atoms with Gasteiger partial charge in [-0.1, -0.05) is 0 Å². The summed E-state index contributed by atoms with van der Waals surface area (Å²) in [4.78, 5) is 44.7. The highest BCUT2D eigenvalue weighted by Crippen LogP contribution is 2.21. The van der Waals surface area contributed by atoms with E-state index in [1.165, 1.54) is 6.20 Å². The molecule has 0 saturated carbocycles. The van der Waals surface area contributed by atoms with Gasteiger partial charge in [0.1, 0.15) is 6.04 Å². The van der Waals surface area contributed by atoms with Crippen molar-refractivity contribution in [3.63, 3.8) is 0 Å². The number of rotatable bonds is 5. The second-order valence-electron chi connectivity index (χ2n) is 6.35. The van der Waals surface area contributed by atoms with Gasteiger partial charge in [0.15, 0.2) is 5.78 Å². The SMILES string of the molecule is O=C(CCC(=O)N1CCCC1C(=O)N1CCOCC1)c1cccnc1. The average molecular weight is 345 g/mol. The Bertz CT molecular complexity index is 628. The molecule has 2 aliphatic rings. The van der Waals surface area contributed by atoms with Crippen LogP contribution in [0.25, 0.3) is 0 Å². The van der Waals surface area contributed by atoms with Crippen LogP contribution in [0.4, 0.5) is 0 Å². The molecule has 1 aromatic heterocycles. The first kappa shape index (κ1) is 17.5. The number of carbonyl (C=O) groups is 3. The molecule has 2 saturated heterocycles. The molecule has 7 heteroatoms. The Morgan fingerprint density at radius 3 is 2.68 bits per heavy atom. The first-order chi connectivity index (χ1) is 12.2. The maximum atomic E-state index is 12.7. The van der Waals surface area contributed by atoms with Crippen LogP contribution < -0.4 is 0 Å². The van der Waals surface area contributed by atoms with Crippen LogP contribution in [0, 0.1) is 0 Å². The number of nitrogens with zero attached hydrogens (tertiary/aromatic N) is 3. The molecule has 3 rings (SSSR count). The van der Waals surface area contributed by atoms with Crippen molar-refractivity contribution in [3.05, 3.63) is 30.1 Å². The van der Waals surface area contributed by atoms with Crippen LogP contribution in [0.5, 0.6) is 0 Å². The Labute approximate surface area is 147 Å². The van der Waals surface area contributed by atoms with Crippen LogP contribution in [-0.2, 0) is 14.3 Å². The van der Waals surface area contributed by atoms with Crippen molar-refractivity contribution in [1.82, 2.24) is 14.8 Å². The number of carbonyl (C=O) groups excluding carboxylic acids is 3. The number of hydrogen-bond donors (Lipinski definition) is 0. The van der Waals surface area contributed by atoms with Gasteiger partial charge in [-0.3, -0.25) is 19.4 Å². The molecule has 0 radical (unpaired) electrons. The minimum Gasteiger partial charge on any atom is -0.378 e. The number of Topliss-reactive ketones (excluding diaryl/α,β-unsaturated/α-hetero) is 1. The van der Waals surface area contributed by atoms with Crippen LogP contribution in [-0.4, -0.2) is 71.3 Å². The highest BCUT2D eigenvalue weighted by Gasteiger charge is 2.36. The van der Waals surface area contributed by atoms with Crippen molar-refractivity contribution in [1.29, 1.82) is 0 Å². The van der Waals surface area contributed by atoms with E-state index in [1.54, 1.807) is 28.1 Å². The van der Waals surface area contributed by atoms with Crippen LogP contribution in [0.1, 0.15) is 36.0 Å². The zero-order valence-corrected chi connectivity index (χ0v) is 14.2. The fourth-order valence-electron chi connectivity index (χ4n) is 3.35. The molecule has 2 fully saturated rings. The molecule has 25 heavy (non-hydrogen) atoms. The number of hydrogen-bond acceptors (Lipinski definition) is 5. The third-order valence-electron chi connectivity index (χ3n) is 4.73. The van der Waals surface area contributed by atoms with Crippen LogP contribution in [0.3, 0.4) is 0 Å². The quantitative estimate of drug-likeness (QED) is 0.741. The van der Waals surface area contributed by atoms with E-state index in [1.807, 2.05) is 0 Å². The number of morpholine rings is 1. The molecule has 1 atom stereocenters. The molecule has 134 valence electrons. The summed E-state index contributed by atoms with van der Waals surface area (Å²) in [7, 11) is 0. The van der Waals surface area contributed by atoms with Gasteiger partial charge in [-0.15, -0.1) is 0 Å². The fourth-order valence-corrected chi connectivity index (χ4v) is 3.35. The summed E-state index contributed by atoms with van der Waals surface area (Å²) in [5.41, 5.74) is 0.512. The predicted octanol–water partition coefficient (Wildman–Crippen LogP) is 0.894. The van der Waals surface area contributed by atoms with Gasteiger partial charge >= 0.3 is 0 Å². The summed E-state index contributed by atoms with van der Waals surface area (Å²) in [5.74, 6) is -0.217. The van der Waals surface area contributed by atoms with Gasteiger partial charge in [0.2, 0.25) is 11.8 Å². The summed E-state index contributed by atoms with van der Waals surface area (Å²) in [6, 6.07) is 3.01. The smallest absolute Gasteiger partial charge is 0.245 e. The van der Waals surface area contributed by atoms with Gasteiger partial charge in [-0.05, 0) is 25.0 Å². The third kappa shape index (κ3) is 4.22. The molecule has 0 aromatic carbocycles. The monoisotopic (exact) mass is 345 g/mol. The lowest BCUT2D eigenvalue weighted by atomic mass is 10.1. The minimum absolute atomic E-state index is 0.00716. The van der Waals surface area contributed by atoms with E-state index >= 15 is 0 Å². The summed E-state index contributed by atoms with van der Waals surface area (Å²) in [6.45, 7) is 2.84. The Balaban J connectivity index is 1.55. The van der Waals surface area contributed by atoms with E-state index in [9.17, 15) is 14.4 Å². The number of ether oxygens (including phenoxy) is 1. The number of ketones is 1. The maximum Gasteiger partial charge on any atom is 0.245 e. The molecular formula is C18H23N3O4. The average Bonchev–Trinajstić information content (AvgIpc) is 3.16. The van der Waals surface area contributed by atoms with Crippen LogP contribution >= 0.6 is 0 Å². The maximum absolute atomic E-state index is 12.7. The van der Waals surface area contributed by atoms with Crippen molar-refractivity contribution >= 4 is 17.6 Å². The Morgan fingerprint density at radius 2 is 1.96 bits per heavy atom. The van der Waals surface area contributed by atoms with Gasteiger partial charge in [-0.25, -0.2) is 0 Å². The Morgan fingerprint density at radius 1 is 1.16 bits per heavy atom. The van der Waals surface area contributed by atoms with Gasteiger partial charge in [0.05, 0.1) is 13.2 Å². The lowest BCUT2D eigenvalue weighted by Crippen LogP contribution is -2.51. The number of aromatic nitrogens is 1. The van der Waals surface area contributed by atoms with E-state index < -0.39 is 0 Å². The Hall–Kier alpha value is -2.28. The summed E-state index contributed by atoms with van der Waals surface area (Å²) < 4.78 is 5.28. The molecule has 1 aromatic rings. The minimum atomic E-state index is -0.390. The van der Waals surface area contributed by atoms with Gasteiger partial charge < -0.3 is 14.5 Å². The molecule has 2 aliphatic heterocycles. The second-order valence-corrected chi connectivity index (χ2v) is 6.35. The highest BCUT2D eigenvalue weighted by molar-refractivity contribution is 5.98. The van der Waals surface area contributed by atoms with Crippen molar-refractivity contribution in [2.75, 3.05) is 32.8 Å². The molecule has 0 N–H and O–H groups in total. The van der Waals surface area contributed by atoms with E-state index in [0.717, 1.165) is 6.42 Å². The number of pyridine rings is 1. The molecular weight excluding hydrogens is 322 g/mol. The first-order valence-corrected chi connectivity index (χ1v) is 8.76. The first-order valence-electron chi connectivity index (χ1n) is 8.76. The second kappa shape index (κ2) is 8.20. The molecule has 1 unspecified atom stereocenters. The topological polar surface area (TPSA) is 79.8 Å². The number of likely N-dealkylation sites (tertiary alicyclic amines) is 1. The standard InChI is InChI=1S/C18H23N3O4/c22-16(14-3-1-7-19-13-14)5-6-17(23)21-8-2-4-15(21)18(24)20-9-11-25-12-10-20/h1,3,7,13,15H,2,4-6,8-12H2. The van der Waals surface area contributed by atoms with E-state index in [2.05, 4.69) is 4.98 Å². The third-order valence-corrected chi connectivity index (χ3v) is 4.73. The predicted molar refractivity (Wildman–Crippen MR) is 89.9 cm³/mol. The fraction of sp³-hybridized carbons (Fsp3) is 0.556. The summed E-state index contributed by atoms with van der Waals surface area (Å²) in [5, 5.41) is 0. The van der Waals surface area contributed by atoms with E-state index in [4.69, 9.17) is 4.74 Å². The van der Waals surface area contributed by atoms with Crippen LogP contribution in [0.2, 0.25) is 0 Å². The zero-order valence-electron chi connectivity index (χ0n) is 14.2. The lowest BCUT2D eigenvalue weighted by Gasteiger charge is -2.32. The molecule has 0 bridgehead atoms. The van der Waals surface area contributed by atoms with Crippen molar-refractivity contribution in [2.45, 2.75) is 31.7 Å². The molecule has 2 amide bonds. The summed E-state index contributed by atoms with van der Waals surface area (Å²) >= 11 is 0. The Kier molecular flexibility index (Phi) is 5.75. The lowest BCUT2D eigenvalue weighted by molar-refractivity contribution is -0.146. The van der Waals surface area contributed by atoms with Crippen LogP contribution in [0.15, 0.2) is 24.5 Å². The van der Waals surface area contributed by atoms with Gasteiger partial charge in [0, 0.05) is 50.4 Å². The van der Waals surface area contributed by atoms with Gasteiger partial charge in [0.25, 0.3) is 0 Å². The van der Waals surface area contributed by atoms with Crippen molar-refractivity contribution in [3.8, 4) is 0 Å².